The molecule has 1 heterocycles. The molecule has 0 bridgehead atoms. The molecule has 0 aliphatic carbocycles. The Hall–Kier alpha value is -2.86. The van der Waals surface area contributed by atoms with Gasteiger partial charge in [0.15, 0.2) is 0 Å². The van der Waals surface area contributed by atoms with Crippen molar-refractivity contribution in [3.63, 3.8) is 0 Å². The Bertz CT molecular complexity index is 817. The van der Waals surface area contributed by atoms with Crippen LogP contribution in [0, 0.1) is 0 Å². The van der Waals surface area contributed by atoms with Crippen molar-refractivity contribution in [2.75, 3.05) is 13.6 Å². The molecule has 7 heteroatoms. The van der Waals surface area contributed by atoms with E-state index >= 15 is 0 Å². The van der Waals surface area contributed by atoms with Gasteiger partial charge in [-0.1, -0.05) is 41.9 Å². The lowest BCUT2D eigenvalue weighted by atomic mass is 10.0. The van der Waals surface area contributed by atoms with Crippen LogP contribution in [-0.4, -0.2) is 31.2 Å². The van der Waals surface area contributed by atoms with Crippen LogP contribution in [0.2, 0.25) is 5.02 Å². The van der Waals surface area contributed by atoms with E-state index in [2.05, 4.69) is 26.2 Å². The van der Waals surface area contributed by atoms with Crippen molar-refractivity contribution in [1.29, 1.82) is 0 Å². The van der Waals surface area contributed by atoms with Crippen LogP contribution in [0.15, 0.2) is 58.5 Å². The fourth-order valence-electron chi connectivity index (χ4n) is 2.32. The maximum absolute atomic E-state index is 11.3. The van der Waals surface area contributed by atoms with Crippen molar-refractivity contribution in [3.8, 4) is 0 Å². The SMILES string of the molecule is CNC(=O)NNC1=Nc2ccc(Cl)cc2C(c2ccccc2)=NC1. The summed E-state index contributed by atoms with van der Waals surface area (Å²) in [7, 11) is 1.54. The number of halogens is 1. The Balaban J connectivity index is 1.99. The standard InChI is InChI=1S/C17H16ClN5O/c1-19-17(24)23-22-15-10-20-16(11-5-3-2-4-6-11)13-9-12(18)7-8-14(13)21-15/h2-9H,10H2,1H3,(H,21,22)(H2,19,23,24). The molecular weight excluding hydrogens is 326 g/mol. The van der Waals surface area contributed by atoms with Gasteiger partial charge in [0.05, 0.1) is 17.9 Å². The molecule has 6 nitrogen and oxygen atoms in total. The summed E-state index contributed by atoms with van der Waals surface area (Å²) in [6.07, 6.45) is 0. The number of amidine groups is 1. The molecule has 0 aromatic heterocycles. The van der Waals surface area contributed by atoms with Crippen LogP contribution in [0.25, 0.3) is 0 Å². The van der Waals surface area contributed by atoms with Crippen molar-refractivity contribution in [3.05, 3.63) is 64.7 Å². The number of fused-ring (bicyclic) bond motifs is 1. The molecule has 0 saturated carbocycles. The van der Waals surface area contributed by atoms with E-state index in [1.165, 1.54) is 7.05 Å². The van der Waals surface area contributed by atoms with E-state index < -0.39 is 0 Å². The van der Waals surface area contributed by atoms with E-state index in [1.54, 1.807) is 6.07 Å². The molecule has 0 fully saturated rings. The second-order valence-corrected chi connectivity index (χ2v) is 5.52. The first-order chi connectivity index (χ1) is 11.7. The summed E-state index contributed by atoms with van der Waals surface area (Å²) in [6, 6.07) is 15.0. The number of amides is 2. The Morgan fingerprint density at radius 2 is 1.96 bits per heavy atom. The highest BCUT2D eigenvalue weighted by molar-refractivity contribution is 6.31. The Labute approximate surface area is 144 Å². The molecule has 24 heavy (non-hydrogen) atoms. The lowest BCUT2D eigenvalue weighted by Crippen LogP contribution is -2.46. The first kappa shape index (κ1) is 16.0. The lowest BCUT2D eigenvalue weighted by molar-refractivity contribution is 0.241. The van der Waals surface area contributed by atoms with Crippen molar-refractivity contribution in [2.24, 2.45) is 9.98 Å². The van der Waals surface area contributed by atoms with E-state index in [0.29, 0.717) is 17.4 Å². The molecule has 0 atom stereocenters. The number of nitrogens with zero attached hydrogens (tertiary/aromatic N) is 2. The number of hydrazine groups is 1. The van der Waals surface area contributed by atoms with Crippen molar-refractivity contribution in [2.45, 2.75) is 0 Å². The number of urea groups is 1. The lowest BCUT2D eigenvalue weighted by Gasteiger charge is -2.08. The zero-order chi connectivity index (χ0) is 16.9. The quantitative estimate of drug-likeness (QED) is 0.697. The van der Waals surface area contributed by atoms with Crippen LogP contribution in [0.1, 0.15) is 11.1 Å². The molecule has 2 aromatic carbocycles. The summed E-state index contributed by atoms with van der Waals surface area (Å²) >= 11 is 6.16. The summed E-state index contributed by atoms with van der Waals surface area (Å²) in [5.74, 6) is 0.535. The topological polar surface area (TPSA) is 77.9 Å². The normalized spacial score (nSPS) is 13.1. The zero-order valence-corrected chi connectivity index (χ0v) is 13.8. The Morgan fingerprint density at radius 3 is 2.71 bits per heavy atom. The second kappa shape index (κ2) is 7.14. The van der Waals surface area contributed by atoms with Gasteiger partial charge in [-0.15, -0.1) is 0 Å². The van der Waals surface area contributed by atoms with E-state index in [-0.39, 0.29) is 6.03 Å². The minimum absolute atomic E-state index is 0.306. The van der Waals surface area contributed by atoms with Gasteiger partial charge in [0, 0.05) is 23.2 Å². The van der Waals surface area contributed by atoms with E-state index in [4.69, 9.17) is 11.6 Å². The van der Waals surface area contributed by atoms with Gasteiger partial charge in [-0.05, 0) is 18.2 Å². The molecule has 3 rings (SSSR count). The van der Waals surface area contributed by atoms with Crippen LogP contribution in [0.3, 0.4) is 0 Å². The highest BCUT2D eigenvalue weighted by atomic mass is 35.5. The summed E-state index contributed by atoms with van der Waals surface area (Å²) in [5, 5.41) is 3.08. The predicted octanol–water partition coefficient (Wildman–Crippen LogP) is 2.65. The summed E-state index contributed by atoms with van der Waals surface area (Å²) < 4.78 is 0. The number of hydrogen-bond acceptors (Lipinski definition) is 4. The largest absolute Gasteiger partial charge is 0.340 e. The fourth-order valence-corrected chi connectivity index (χ4v) is 2.49. The predicted molar refractivity (Wildman–Crippen MR) is 96.2 cm³/mol. The third-order valence-electron chi connectivity index (χ3n) is 3.45. The monoisotopic (exact) mass is 341 g/mol. The summed E-state index contributed by atoms with van der Waals surface area (Å²) in [6.45, 7) is 0.306. The Kier molecular flexibility index (Phi) is 4.77. The van der Waals surface area contributed by atoms with E-state index in [0.717, 1.165) is 22.5 Å². The van der Waals surface area contributed by atoms with Gasteiger partial charge in [0.1, 0.15) is 5.84 Å². The number of rotatable bonds is 1. The molecule has 0 saturated heterocycles. The number of carbonyl (C=O) groups excluding carboxylic acids is 1. The van der Waals surface area contributed by atoms with E-state index in [1.807, 2.05) is 42.5 Å². The van der Waals surface area contributed by atoms with Gasteiger partial charge in [0.2, 0.25) is 0 Å². The van der Waals surface area contributed by atoms with Gasteiger partial charge in [0.25, 0.3) is 0 Å². The number of nitrogens with one attached hydrogen (secondary N) is 3. The average molecular weight is 342 g/mol. The van der Waals surface area contributed by atoms with Gasteiger partial charge in [-0.3, -0.25) is 15.8 Å². The molecular formula is C17H16ClN5O. The molecule has 1 aliphatic heterocycles. The fraction of sp³-hybridized carbons (Fsp3) is 0.118. The molecule has 0 spiro atoms. The van der Waals surface area contributed by atoms with Crippen molar-refractivity contribution < 1.29 is 4.79 Å². The number of carbonyl (C=O) groups is 1. The molecule has 2 amide bonds. The highest BCUT2D eigenvalue weighted by Gasteiger charge is 2.16. The highest BCUT2D eigenvalue weighted by Crippen LogP contribution is 2.28. The van der Waals surface area contributed by atoms with E-state index in [9.17, 15) is 4.79 Å². The molecule has 2 aromatic rings. The first-order valence-electron chi connectivity index (χ1n) is 7.38. The zero-order valence-electron chi connectivity index (χ0n) is 13.0. The van der Waals surface area contributed by atoms with Crippen LogP contribution in [-0.2, 0) is 0 Å². The molecule has 3 N–H and O–H groups in total. The minimum Gasteiger partial charge on any atom is -0.340 e. The maximum atomic E-state index is 11.3. The molecule has 0 radical (unpaired) electrons. The number of hydrogen-bond donors (Lipinski definition) is 3. The van der Waals surface area contributed by atoms with Crippen molar-refractivity contribution in [1.82, 2.24) is 16.2 Å². The minimum atomic E-state index is -0.356. The maximum Gasteiger partial charge on any atom is 0.333 e. The third kappa shape index (κ3) is 3.55. The second-order valence-electron chi connectivity index (χ2n) is 5.08. The summed E-state index contributed by atoms with van der Waals surface area (Å²) in [5.41, 5.74) is 8.67. The van der Waals surface area contributed by atoms with Crippen LogP contribution >= 0.6 is 11.6 Å². The number of benzene rings is 2. The smallest absolute Gasteiger partial charge is 0.333 e. The molecule has 122 valence electrons. The average Bonchev–Trinajstić information content (AvgIpc) is 2.79. The molecule has 0 unspecified atom stereocenters. The Morgan fingerprint density at radius 1 is 1.17 bits per heavy atom. The van der Waals surface area contributed by atoms with Gasteiger partial charge >= 0.3 is 6.03 Å². The third-order valence-corrected chi connectivity index (χ3v) is 3.69. The van der Waals surface area contributed by atoms with Gasteiger partial charge in [-0.2, -0.15) is 0 Å². The van der Waals surface area contributed by atoms with Crippen LogP contribution in [0.5, 0.6) is 0 Å². The first-order valence-corrected chi connectivity index (χ1v) is 7.76. The van der Waals surface area contributed by atoms with Crippen molar-refractivity contribution >= 4 is 34.9 Å². The van der Waals surface area contributed by atoms with Crippen LogP contribution in [0.4, 0.5) is 10.5 Å². The van der Waals surface area contributed by atoms with Crippen LogP contribution < -0.4 is 16.2 Å². The van der Waals surface area contributed by atoms with Gasteiger partial charge in [-0.25, -0.2) is 9.79 Å². The summed E-state index contributed by atoms with van der Waals surface area (Å²) in [4.78, 5) is 20.5. The van der Waals surface area contributed by atoms with Gasteiger partial charge < -0.3 is 5.32 Å². The molecule has 1 aliphatic rings. The number of aliphatic imine (C=N–C) groups is 2.